The lowest BCUT2D eigenvalue weighted by atomic mass is 10.1. The van der Waals surface area contributed by atoms with Crippen molar-refractivity contribution in [2.75, 3.05) is 6.61 Å². The van der Waals surface area contributed by atoms with Crippen LogP contribution in [0.1, 0.15) is 18.1 Å². The second-order valence-corrected chi connectivity index (χ2v) is 3.46. The molecule has 0 aliphatic carbocycles. The smallest absolute Gasteiger partial charge is 0.310 e. The normalized spacial score (nSPS) is 9.62. The van der Waals surface area contributed by atoms with E-state index in [2.05, 4.69) is 12.6 Å². The molecule has 0 heterocycles. The summed E-state index contributed by atoms with van der Waals surface area (Å²) in [4.78, 5) is 11.4. The number of hydrogen-bond acceptors (Lipinski definition) is 4. The Balaban J connectivity index is 3.04. The third-order valence-corrected chi connectivity index (χ3v) is 2.48. The molecule has 1 rings (SSSR count). The molecule has 0 aromatic heterocycles. The van der Waals surface area contributed by atoms with Gasteiger partial charge in [-0.05, 0) is 19.1 Å². The Morgan fingerprint density at radius 2 is 2.31 bits per heavy atom. The van der Waals surface area contributed by atoms with Crippen LogP contribution in [0.4, 0.5) is 4.39 Å². The van der Waals surface area contributed by atoms with E-state index >= 15 is 0 Å². The highest BCUT2D eigenvalue weighted by atomic mass is 32.1. The molecule has 0 spiro atoms. The molecular weight excluding hydrogens is 229 g/mol. The van der Waals surface area contributed by atoms with Gasteiger partial charge in [0, 0.05) is 10.5 Å². The van der Waals surface area contributed by atoms with Crippen LogP contribution in [0.2, 0.25) is 0 Å². The van der Waals surface area contributed by atoms with Crippen molar-refractivity contribution in [3.05, 3.63) is 29.1 Å². The highest BCUT2D eigenvalue weighted by Gasteiger charge is 2.14. The van der Waals surface area contributed by atoms with Crippen LogP contribution in [0, 0.1) is 17.1 Å². The van der Waals surface area contributed by atoms with Gasteiger partial charge in [0.05, 0.1) is 18.6 Å². The Morgan fingerprint density at radius 1 is 1.62 bits per heavy atom. The van der Waals surface area contributed by atoms with Crippen molar-refractivity contribution in [3.63, 3.8) is 0 Å². The van der Waals surface area contributed by atoms with Crippen molar-refractivity contribution in [1.82, 2.24) is 0 Å². The molecule has 0 atom stereocenters. The number of nitriles is 1. The maximum Gasteiger partial charge on any atom is 0.310 e. The number of benzene rings is 1. The summed E-state index contributed by atoms with van der Waals surface area (Å²) >= 11 is 4.03. The Labute approximate surface area is 98.2 Å². The van der Waals surface area contributed by atoms with Gasteiger partial charge in [-0.3, -0.25) is 4.79 Å². The third-order valence-electron chi connectivity index (χ3n) is 1.97. The number of rotatable bonds is 3. The standard InChI is InChI=1S/C11H10FNO2S/c1-2-15-10(14)5-8-9(12)4-3-7(6-13)11(8)16/h3-4,16H,2,5H2,1H3. The minimum Gasteiger partial charge on any atom is -0.466 e. The number of carbonyl (C=O) groups excluding carboxylic acids is 1. The summed E-state index contributed by atoms with van der Waals surface area (Å²) in [5.74, 6) is -1.09. The predicted molar refractivity (Wildman–Crippen MR) is 58.7 cm³/mol. The summed E-state index contributed by atoms with van der Waals surface area (Å²) in [6.07, 6.45) is -0.214. The van der Waals surface area contributed by atoms with E-state index < -0.39 is 11.8 Å². The minimum atomic E-state index is -0.558. The molecule has 0 radical (unpaired) electrons. The maximum absolute atomic E-state index is 13.4. The topological polar surface area (TPSA) is 50.1 Å². The van der Waals surface area contributed by atoms with E-state index in [-0.39, 0.29) is 29.1 Å². The van der Waals surface area contributed by atoms with Crippen molar-refractivity contribution in [2.24, 2.45) is 0 Å². The van der Waals surface area contributed by atoms with Gasteiger partial charge in [0.2, 0.25) is 0 Å². The van der Waals surface area contributed by atoms with Gasteiger partial charge in [-0.2, -0.15) is 5.26 Å². The lowest BCUT2D eigenvalue weighted by molar-refractivity contribution is -0.142. The first-order chi connectivity index (χ1) is 7.60. The molecule has 0 amide bonds. The zero-order chi connectivity index (χ0) is 12.1. The highest BCUT2D eigenvalue weighted by molar-refractivity contribution is 7.80. The molecule has 0 aliphatic heterocycles. The summed E-state index contributed by atoms with van der Waals surface area (Å²) in [6, 6.07) is 4.34. The van der Waals surface area contributed by atoms with Crippen LogP contribution >= 0.6 is 12.6 Å². The van der Waals surface area contributed by atoms with E-state index in [0.717, 1.165) is 6.07 Å². The van der Waals surface area contributed by atoms with Crippen LogP contribution in [-0.2, 0) is 16.0 Å². The van der Waals surface area contributed by atoms with E-state index in [0.29, 0.717) is 0 Å². The lowest BCUT2D eigenvalue weighted by Gasteiger charge is -2.07. The molecule has 0 aliphatic rings. The number of thiol groups is 1. The Hall–Kier alpha value is -1.54. The zero-order valence-electron chi connectivity index (χ0n) is 8.66. The van der Waals surface area contributed by atoms with Crippen LogP contribution in [0.3, 0.4) is 0 Å². The maximum atomic E-state index is 13.4. The molecule has 16 heavy (non-hydrogen) atoms. The second-order valence-electron chi connectivity index (χ2n) is 3.02. The van der Waals surface area contributed by atoms with Crippen molar-refractivity contribution in [3.8, 4) is 6.07 Å². The largest absolute Gasteiger partial charge is 0.466 e. The van der Waals surface area contributed by atoms with Crippen LogP contribution in [0.15, 0.2) is 17.0 Å². The van der Waals surface area contributed by atoms with Gasteiger partial charge in [0.15, 0.2) is 0 Å². The first-order valence-corrected chi connectivity index (χ1v) is 5.11. The monoisotopic (exact) mass is 239 g/mol. The summed E-state index contributed by atoms with van der Waals surface area (Å²) < 4.78 is 18.1. The molecule has 0 N–H and O–H groups in total. The molecule has 1 aromatic rings. The van der Waals surface area contributed by atoms with Crippen molar-refractivity contribution >= 4 is 18.6 Å². The van der Waals surface area contributed by atoms with E-state index in [1.54, 1.807) is 6.92 Å². The molecule has 0 saturated carbocycles. The predicted octanol–water partition coefficient (Wildman–Crippen LogP) is 2.09. The van der Waals surface area contributed by atoms with Crippen molar-refractivity contribution in [2.45, 2.75) is 18.2 Å². The average molecular weight is 239 g/mol. The van der Waals surface area contributed by atoms with Crippen LogP contribution < -0.4 is 0 Å². The number of esters is 1. The van der Waals surface area contributed by atoms with Crippen LogP contribution in [0.25, 0.3) is 0 Å². The molecule has 0 fully saturated rings. The molecule has 5 heteroatoms. The molecule has 0 saturated heterocycles. The lowest BCUT2D eigenvalue weighted by Crippen LogP contribution is -2.10. The number of nitrogens with zero attached hydrogens (tertiary/aromatic N) is 1. The SMILES string of the molecule is CCOC(=O)Cc1c(F)ccc(C#N)c1S. The van der Waals surface area contributed by atoms with E-state index in [4.69, 9.17) is 10.00 Å². The molecule has 1 aromatic carbocycles. The van der Waals surface area contributed by atoms with E-state index in [1.807, 2.05) is 6.07 Å². The minimum absolute atomic E-state index is 0.0980. The Bertz CT molecular complexity index is 454. The summed E-state index contributed by atoms with van der Waals surface area (Å²) in [7, 11) is 0. The fourth-order valence-electron chi connectivity index (χ4n) is 1.23. The van der Waals surface area contributed by atoms with Gasteiger partial charge in [-0.15, -0.1) is 12.6 Å². The number of hydrogen-bond donors (Lipinski definition) is 1. The molecule has 84 valence electrons. The van der Waals surface area contributed by atoms with Crippen molar-refractivity contribution in [1.29, 1.82) is 5.26 Å². The van der Waals surface area contributed by atoms with Crippen LogP contribution in [-0.4, -0.2) is 12.6 Å². The summed E-state index contributed by atoms with van der Waals surface area (Å²) in [6.45, 7) is 1.90. The van der Waals surface area contributed by atoms with Gasteiger partial charge in [-0.1, -0.05) is 0 Å². The first-order valence-electron chi connectivity index (χ1n) is 4.66. The Kier molecular flexibility index (Phi) is 4.32. The van der Waals surface area contributed by atoms with E-state index in [9.17, 15) is 9.18 Å². The zero-order valence-corrected chi connectivity index (χ0v) is 9.55. The number of ether oxygens (including phenoxy) is 1. The number of halogens is 1. The highest BCUT2D eigenvalue weighted by Crippen LogP contribution is 2.22. The molecule has 0 bridgehead atoms. The molecule has 3 nitrogen and oxygen atoms in total. The fraction of sp³-hybridized carbons (Fsp3) is 0.273. The van der Waals surface area contributed by atoms with Gasteiger partial charge in [0.1, 0.15) is 11.9 Å². The second kappa shape index (κ2) is 5.52. The summed E-state index contributed by atoms with van der Waals surface area (Å²) in [5.41, 5.74) is 0.338. The fourth-order valence-corrected chi connectivity index (χ4v) is 1.54. The summed E-state index contributed by atoms with van der Waals surface area (Å²) in [5, 5.41) is 8.73. The van der Waals surface area contributed by atoms with Crippen LogP contribution in [0.5, 0.6) is 0 Å². The van der Waals surface area contributed by atoms with E-state index in [1.165, 1.54) is 6.07 Å². The number of carbonyl (C=O) groups is 1. The molecular formula is C11H10FNO2S. The van der Waals surface area contributed by atoms with Gasteiger partial charge in [-0.25, -0.2) is 4.39 Å². The average Bonchev–Trinajstić information content (AvgIpc) is 2.25. The quantitative estimate of drug-likeness (QED) is 0.649. The third kappa shape index (κ3) is 2.74. The van der Waals surface area contributed by atoms with Gasteiger partial charge >= 0.3 is 5.97 Å². The van der Waals surface area contributed by atoms with Crippen molar-refractivity contribution < 1.29 is 13.9 Å². The van der Waals surface area contributed by atoms with Gasteiger partial charge in [0.25, 0.3) is 0 Å². The first kappa shape index (κ1) is 12.5. The molecule has 0 unspecified atom stereocenters. The van der Waals surface area contributed by atoms with Gasteiger partial charge < -0.3 is 4.74 Å². The Morgan fingerprint density at radius 3 is 2.88 bits per heavy atom.